The summed E-state index contributed by atoms with van der Waals surface area (Å²) in [4.78, 5) is 9.00. The molecular weight excluding hydrogens is 230 g/mol. The Hall–Kier alpha value is -1.55. The van der Waals surface area contributed by atoms with Gasteiger partial charge in [0, 0.05) is 13.0 Å². The molecule has 0 amide bonds. The molecule has 0 saturated carbocycles. The van der Waals surface area contributed by atoms with E-state index in [1.807, 2.05) is 31.2 Å². The molecule has 0 fully saturated rings. The summed E-state index contributed by atoms with van der Waals surface area (Å²) in [6.45, 7) is 8.09. The van der Waals surface area contributed by atoms with Crippen LogP contribution in [0.4, 0.5) is 0 Å². The van der Waals surface area contributed by atoms with E-state index in [1.54, 1.807) is 0 Å². The Morgan fingerprint density at radius 2 is 1.72 bits per heavy atom. The van der Waals surface area contributed by atoms with Gasteiger partial charge in [0.1, 0.15) is 5.75 Å². The zero-order chi connectivity index (χ0) is 14.1. The summed E-state index contributed by atoms with van der Waals surface area (Å²) >= 11 is 0. The number of ether oxygens (including phenoxy) is 1. The average Bonchev–Trinajstić information content (AvgIpc) is 2.26. The van der Waals surface area contributed by atoms with Gasteiger partial charge in [-0.25, -0.2) is 0 Å². The van der Waals surface area contributed by atoms with Crippen molar-refractivity contribution >= 4 is 5.97 Å². The van der Waals surface area contributed by atoms with E-state index in [4.69, 9.17) is 20.4 Å². The van der Waals surface area contributed by atoms with Crippen molar-refractivity contribution in [3.63, 3.8) is 0 Å². The fourth-order valence-corrected chi connectivity index (χ4v) is 1.13. The third-order valence-corrected chi connectivity index (χ3v) is 1.99. The van der Waals surface area contributed by atoms with Crippen LogP contribution in [0.1, 0.15) is 39.3 Å². The number of hydrogen-bond acceptors (Lipinski definition) is 3. The number of nitrogens with two attached hydrogens (primary N) is 1. The van der Waals surface area contributed by atoms with Gasteiger partial charge in [-0.3, -0.25) is 4.79 Å². The van der Waals surface area contributed by atoms with Gasteiger partial charge in [-0.2, -0.15) is 0 Å². The van der Waals surface area contributed by atoms with Crippen LogP contribution in [-0.4, -0.2) is 17.7 Å². The number of aliphatic carboxylic acids is 1. The molecule has 0 aromatic heterocycles. The Kier molecular flexibility index (Phi) is 7.79. The fraction of sp³-hybridized carbons (Fsp3) is 0.500. The molecular formula is C14H23NO3. The van der Waals surface area contributed by atoms with Gasteiger partial charge in [-0.1, -0.05) is 26.0 Å². The predicted octanol–water partition coefficient (Wildman–Crippen LogP) is 2.83. The second-order valence-corrected chi connectivity index (χ2v) is 4.58. The lowest BCUT2D eigenvalue weighted by Gasteiger charge is -2.10. The quantitative estimate of drug-likeness (QED) is 0.865. The molecule has 1 rings (SSSR count). The Morgan fingerprint density at radius 1 is 1.28 bits per heavy atom. The van der Waals surface area contributed by atoms with Gasteiger partial charge in [0.2, 0.25) is 0 Å². The molecule has 0 aliphatic heterocycles. The number of carbonyl (C=O) groups is 1. The molecule has 0 bridgehead atoms. The summed E-state index contributed by atoms with van der Waals surface area (Å²) < 4.78 is 5.56. The minimum Gasteiger partial charge on any atom is -0.493 e. The number of carboxylic acids is 1. The molecule has 0 radical (unpaired) electrons. The first kappa shape index (κ1) is 16.4. The zero-order valence-corrected chi connectivity index (χ0v) is 11.5. The number of benzene rings is 1. The minimum absolute atomic E-state index is 0.0918. The molecule has 4 nitrogen and oxygen atoms in total. The van der Waals surface area contributed by atoms with E-state index in [-0.39, 0.29) is 6.04 Å². The molecule has 18 heavy (non-hydrogen) atoms. The van der Waals surface area contributed by atoms with Crippen LogP contribution in [0.3, 0.4) is 0 Å². The summed E-state index contributed by atoms with van der Waals surface area (Å²) in [6.07, 6.45) is 0. The Morgan fingerprint density at radius 3 is 2.06 bits per heavy atom. The van der Waals surface area contributed by atoms with Crippen LogP contribution in [0.15, 0.2) is 24.3 Å². The molecule has 0 aliphatic carbocycles. The maximum atomic E-state index is 9.00. The topological polar surface area (TPSA) is 72.5 Å². The van der Waals surface area contributed by atoms with Gasteiger partial charge in [0.05, 0.1) is 6.61 Å². The Balaban J connectivity index is 0.000000631. The summed E-state index contributed by atoms with van der Waals surface area (Å²) in [5, 5.41) is 7.42. The molecule has 102 valence electrons. The minimum atomic E-state index is -0.833. The molecule has 1 atom stereocenters. The maximum absolute atomic E-state index is 9.00. The van der Waals surface area contributed by atoms with Crippen LogP contribution in [0.25, 0.3) is 0 Å². The van der Waals surface area contributed by atoms with Crippen LogP contribution in [0.5, 0.6) is 5.75 Å². The third kappa shape index (κ3) is 8.58. The van der Waals surface area contributed by atoms with Gasteiger partial charge in [0.25, 0.3) is 5.97 Å². The monoisotopic (exact) mass is 253 g/mol. The molecule has 1 aromatic rings. The van der Waals surface area contributed by atoms with Crippen LogP contribution >= 0.6 is 0 Å². The molecule has 0 spiro atoms. The van der Waals surface area contributed by atoms with Crippen molar-refractivity contribution in [2.75, 3.05) is 6.61 Å². The average molecular weight is 253 g/mol. The van der Waals surface area contributed by atoms with Crippen molar-refractivity contribution < 1.29 is 14.6 Å². The summed E-state index contributed by atoms with van der Waals surface area (Å²) in [6, 6.07) is 8.07. The number of carboxylic acid groups (broad SMARTS) is 1. The third-order valence-electron chi connectivity index (χ3n) is 1.99. The lowest BCUT2D eigenvalue weighted by Crippen LogP contribution is -2.06. The van der Waals surface area contributed by atoms with E-state index in [9.17, 15) is 0 Å². The van der Waals surface area contributed by atoms with Crippen LogP contribution in [-0.2, 0) is 4.79 Å². The van der Waals surface area contributed by atoms with E-state index < -0.39 is 5.97 Å². The van der Waals surface area contributed by atoms with Crippen molar-refractivity contribution in [3.8, 4) is 5.75 Å². The Bertz CT molecular complexity index is 341. The fourth-order valence-electron chi connectivity index (χ4n) is 1.13. The van der Waals surface area contributed by atoms with E-state index in [2.05, 4.69) is 13.8 Å². The van der Waals surface area contributed by atoms with Gasteiger partial charge in [-0.05, 0) is 30.5 Å². The van der Waals surface area contributed by atoms with E-state index in [0.29, 0.717) is 5.92 Å². The first-order valence-corrected chi connectivity index (χ1v) is 6.00. The van der Waals surface area contributed by atoms with Crippen LogP contribution < -0.4 is 10.5 Å². The largest absolute Gasteiger partial charge is 0.493 e. The van der Waals surface area contributed by atoms with Crippen molar-refractivity contribution in [1.82, 2.24) is 0 Å². The highest BCUT2D eigenvalue weighted by atomic mass is 16.5. The van der Waals surface area contributed by atoms with Crippen molar-refractivity contribution in [3.05, 3.63) is 29.8 Å². The lowest BCUT2D eigenvalue weighted by atomic mass is 10.1. The first-order valence-electron chi connectivity index (χ1n) is 6.00. The van der Waals surface area contributed by atoms with Gasteiger partial charge in [0.15, 0.2) is 0 Å². The number of rotatable bonds is 4. The zero-order valence-electron chi connectivity index (χ0n) is 11.5. The standard InChI is InChI=1S/C12H19NO.C2H4O2/c1-9(2)8-14-12-6-4-11(5-7-12)10(3)13;1-2(3)4/h4-7,9-10H,8,13H2,1-3H3;1H3,(H,3,4). The highest BCUT2D eigenvalue weighted by molar-refractivity contribution is 5.62. The van der Waals surface area contributed by atoms with Gasteiger partial charge < -0.3 is 15.6 Å². The lowest BCUT2D eigenvalue weighted by molar-refractivity contribution is -0.134. The van der Waals surface area contributed by atoms with Gasteiger partial charge >= 0.3 is 0 Å². The Labute approximate surface area is 109 Å². The highest BCUT2D eigenvalue weighted by Gasteiger charge is 2.00. The summed E-state index contributed by atoms with van der Waals surface area (Å²) in [7, 11) is 0. The molecule has 1 unspecified atom stereocenters. The predicted molar refractivity (Wildman–Crippen MR) is 72.7 cm³/mol. The summed E-state index contributed by atoms with van der Waals surface area (Å²) in [5.74, 6) is 0.645. The second-order valence-electron chi connectivity index (χ2n) is 4.58. The van der Waals surface area contributed by atoms with Gasteiger partial charge in [-0.15, -0.1) is 0 Å². The van der Waals surface area contributed by atoms with Crippen molar-refractivity contribution in [1.29, 1.82) is 0 Å². The molecule has 3 N–H and O–H groups in total. The molecule has 0 saturated heterocycles. The second kappa shape index (κ2) is 8.53. The van der Waals surface area contributed by atoms with Crippen LogP contribution in [0.2, 0.25) is 0 Å². The number of hydrogen-bond donors (Lipinski definition) is 2. The molecule has 0 aliphatic rings. The van der Waals surface area contributed by atoms with Crippen molar-refractivity contribution in [2.24, 2.45) is 11.7 Å². The summed E-state index contributed by atoms with van der Waals surface area (Å²) in [5.41, 5.74) is 6.89. The van der Waals surface area contributed by atoms with E-state index in [1.165, 1.54) is 0 Å². The smallest absolute Gasteiger partial charge is 0.300 e. The molecule has 0 heterocycles. The SMILES string of the molecule is CC(=O)O.CC(C)COc1ccc(C(C)N)cc1. The van der Waals surface area contributed by atoms with E-state index in [0.717, 1.165) is 24.8 Å². The molecule has 4 heteroatoms. The van der Waals surface area contributed by atoms with E-state index >= 15 is 0 Å². The maximum Gasteiger partial charge on any atom is 0.300 e. The van der Waals surface area contributed by atoms with Crippen LogP contribution in [0, 0.1) is 5.92 Å². The first-order chi connectivity index (χ1) is 8.32. The highest BCUT2D eigenvalue weighted by Crippen LogP contribution is 2.16. The van der Waals surface area contributed by atoms with Crippen molar-refractivity contribution in [2.45, 2.75) is 33.7 Å². The molecule has 1 aromatic carbocycles. The normalized spacial score (nSPS) is 11.4.